The molecule has 0 saturated heterocycles. The van der Waals surface area contributed by atoms with Crippen LogP contribution < -0.4 is 0 Å². The molecule has 0 spiro atoms. The molecule has 0 N–H and O–H groups in total. The lowest BCUT2D eigenvalue weighted by Gasteiger charge is -2.14. The molecule has 0 unspecified atom stereocenters. The summed E-state index contributed by atoms with van der Waals surface area (Å²) in [7, 11) is 0. The van der Waals surface area contributed by atoms with E-state index in [0.29, 0.717) is 17.5 Å². The molecule has 1 aliphatic carbocycles. The molecular formula is C42H25N5. The van der Waals surface area contributed by atoms with Gasteiger partial charge in [0.05, 0.1) is 5.52 Å². The van der Waals surface area contributed by atoms with Crippen molar-refractivity contribution >= 4 is 32.7 Å². The fourth-order valence-electron chi connectivity index (χ4n) is 7.17. The lowest BCUT2D eigenvalue weighted by molar-refractivity contribution is 1.07. The summed E-state index contributed by atoms with van der Waals surface area (Å²) in [5.74, 6) is 1.91. The van der Waals surface area contributed by atoms with E-state index in [1.54, 1.807) is 0 Å². The Labute approximate surface area is 270 Å². The van der Waals surface area contributed by atoms with Crippen LogP contribution in [0.2, 0.25) is 0 Å². The minimum absolute atomic E-state index is 0.622. The summed E-state index contributed by atoms with van der Waals surface area (Å²) in [5.41, 5.74) is 10.8. The molecule has 0 fully saturated rings. The van der Waals surface area contributed by atoms with Crippen LogP contribution in [0, 0.1) is 0 Å². The van der Waals surface area contributed by atoms with Gasteiger partial charge in [-0.1, -0.05) is 121 Å². The van der Waals surface area contributed by atoms with E-state index in [4.69, 9.17) is 19.9 Å². The van der Waals surface area contributed by atoms with Gasteiger partial charge >= 0.3 is 0 Å². The van der Waals surface area contributed by atoms with Crippen molar-refractivity contribution in [1.29, 1.82) is 0 Å². The standard InChI is InChI=1S/C42H25N5/c1-3-11-27(12-4-1)39-44-40(28-13-5-2-6-14-28)46-41(45-39)29-16-9-17-30(25-29)47-35-22-21-26-15-10-20-33-31-18-7-8-19-32(31)34-23-24-43-42(47)37(34)38(35)36(26)33/h1-25H. The average Bonchev–Trinajstić information content (AvgIpc) is 3.43. The van der Waals surface area contributed by atoms with Crippen LogP contribution in [0.3, 0.4) is 0 Å². The smallest absolute Gasteiger partial charge is 0.164 e. The number of rotatable bonds is 4. The van der Waals surface area contributed by atoms with E-state index in [9.17, 15) is 0 Å². The molecule has 3 heterocycles. The van der Waals surface area contributed by atoms with Gasteiger partial charge in [-0.3, -0.25) is 4.57 Å². The van der Waals surface area contributed by atoms with Gasteiger partial charge in [0, 0.05) is 39.3 Å². The first-order valence-corrected chi connectivity index (χ1v) is 15.7. The second kappa shape index (κ2) is 10.0. The van der Waals surface area contributed by atoms with Gasteiger partial charge in [0.2, 0.25) is 0 Å². The van der Waals surface area contributed by atoms with Crippen LogP contribution in [-0.2, 0) is 0 Å². The summed E-state index contributed by atoms with van der Waals surface area (Å²) >= 11 is 0. The first-order valence-electron chi connectivity index (χ1n) is 15.7. The van der Waals surface area contributed by atoms with Gasteiger partial charge < -0.3 is 0 Å². The highest BCUT2D eigenvalue weighted by Gasteiger charge is 2.25. The van der Waals surface area contributed by atoms with E-state index in [0.717, 1.165) is 33.5 Å². The van der Waals surface area contributed by atoms with Crippen LogP contribution in [0.1, 0.15) is 0 Å². The Morgan fingerprint density at radius 3 is 1.68 bits per heavy atom. The zero-order valence-corrected chi connectivity index (χ0v) is 25.2. The molecule has 0 aliphatic heterocycles. The zero-order valence-electron chi connectivity index (χ0n) is 25.2. The maximum absolute atomic E-state index is 5.04. The van der Waals surface area contributed by atoms with Crippen molar-refractivity contribution in [2.24, 2.45) is 0 Å². The average molecular weight is 600 g/mol. The molecule has 0 radical (unpaired) electrons. The number of aromatic nitrogens is 5. The Bertz CT molecular complexity index is 2620. The second-order valence-corrected chi connectivity index (χ2v) is 11.9. The highest BCUT2D eigenvalue weighted by atomic mass is 15.1. The Balaban J connectivity index is 1.24. The first-order chi connectivity index (χ1) is 23.3. The molecule has 5 heteroatoms. The molecule has 10 rings (SSSR count). The van der Waals surface area contributed by atoms with Crippen LogP contribution in [0.5, 0.6) is 0 Å². The molecule has 0 atom stereocenters. The van der Waals surface area contributed by atoms with Gasteiger partial charge in [-0.25, -0.2) is 19.9 Å². The van der Waals surface area contributed by atoms with Gasteiger partial charge in [-0.05, 0) is 57.3 Å². The van der Waals surface area contributed by atoms with Crippen molar-refractivity contribution in [3.63, 3.8) is 0 Å². The summed E-state index contributed by atoms with van der Waals surface area (Å²) < 4.78 is 2.29. The third-order valence-electron chi connectivity index (χ3n) is 9.23. The molecule has 9 aromatic rings. The summed E-state index contributed by atoms with van der Waals surface area (Å²) in [6.45, 7) is 0. The number of pyridine rings is 1. The topological polar surface area (TPSA) is 56.5 Å². The summed E-state index contributed by atoms with van der Waals surface area (Å²) in [6.07, 6.45) is 1.94. The number of benzene rings is 6. The van der Waals surface area contributed by atoms with Gasteiger partial charge in [0.25, 0.3) is 0 Å². The monoisotopic (exact) mass is 599 g/mol. The summed E-state index contributed by atoms with van der Waals surface area (Å²) in [4.78, 5) is 19.9. The number of hydrogen-bond acceptors (Lipinski definition) is 4. The molecule has 47 heavy (non-hydrogen) atoms. The molecule has 6 aromatic carbocycles. The maximum Gasteiger partial charge on any atom is 0.164 e. The van der Waals surface area contributed by atoms with Crippen molar-refractivity contribution in [2.75, 3.05) is 0 Å². The molecule has 3 aromatic heterocycles. The predicted molar refractivity (Wildman–Crippen MR) is 190 cm³/mol. The van der Waals surface area contributed by atoms with E-state index in [-0.39, 0.29) is 0 Å². The van der Waals surface area contributed by atoms with Crippen molar-refractivity contribution in [1.82, 2.24) is 24.5 Å². The molecule has 5 nitrogen and oxygen atoms in total. The van der Waals surface area contributed by atoms with Crippen molar-refractivity contribution in [3.05, 3.63) is 152 Å². The third-order valence-corrected chi connectivity index (χ3v) is 9.23. The molecule has 0 saturated carbocycles. The van der Waals surface area contributed by atoms with Gasteiger partial charge in [-0.2, -0.15) is 0 Å². The van der Waals surface area contributed by atoms with Crippen LogP contribution >= 0.6 is 0 Å². The summed E-state index contributed by atoms with van der Waals surface area (Å²) in [6, 6.07) is 50.6. The van der Waals surface area contributed by atoms with Gasteiger partial charge in [0.1, 0.15) is 5.65 Å². The minimum atomic E-state index is 0.622. The quantitative estimate of drug-likeness (QED) is 0.202. The van der Waals surface area contributed by atoms with E-state index in [2.05, 4.69) is 89.5 Å². The van der Waals surface area contributed by atoms with Crippen molar-refractivity contribution in [3.8, 4) is 62.1 Å². The van der Waals surface area contributed by atoms with E-state index in [1.807, 2.05) is 66.9 Å². The van der Waals surface area contributed by atoms with E-state index >= 15 is 0 Å². The third kappa shape index (κ3) is 3.90. The van der Waals surface area contributed by atoms with Gasteiger partial charge in [-0.15, -0.1) is 0 Å². The fraction of sp³-hybridized carbons (Fsp3) is 0. The Kier molecular flexibility index (Phi) is 5.51. The van der Waals surface area contributed by atoms with Crippen LogP contribution in [-0.4, -0.2) is 24.5 Å². The molecule has 0 bridgehead atoms. The molecule has 0 amide bonds. The lowest BCUT2D eigenvalue weighted by Crippen LogP contribution is -2.01. The van der Waals surface area contributed by atoms with Crippen molar-refractivity contribution < 1.29 is 0 Å². The van der Waals surface area contributed by atoms with Crippen LogP contribution in [0.4, 0.5) is 0 Å². The SMILES string of the molecule is c1ccc(-c2nc(-c3ccccc3)nc(-c3cccc(-n4c5ccc6cccc7c6c5c5c(ccnc54)-c4ccccc4-7)c3)n2)cc1. The number of nitrogens with zero attached hydrogens (tertiary/aromatic N) is 5. The lowest BCUT2D eigenvalue weighted by atomic mass is 9.94. The normalized spacial score (nSPS) is 11.8. The van der Waals surface area contributed by atoms with Crippen molar-refractivity contribution in [2.45, 2.75) is 0 Å². The largest absolute Gasteiger partial charge is 0.294 e. The van der Waals surface area contributed by atoms with E-state index in [1.165, 1.54) is 43.8 Å². The maximum atomic E-state index is 5.04. The Hall–Kier alpha value is -6.46. The van der Waals surface area contributed by atoms with E-state index < -0.39 is 0 Å². The predicted octanol–water partition coefficient (Wildman–Crippen LogP) is 10.2. The van der Waals surface area contributed by atoms with Gasteiger partial charge in [0.15, 0.2) is 17.5 Å². The highest BCUT2D eigenvalue weighted by molar-refractivity contribution is 6.29. The van der Waals surface area contributed by atoms with Crippen LogP contribution in [0.25, 0.3) is 94.8 Å². The Morgan fingerprint density at radius 1 is 0.404 bits per heavy atom. The second-order valence-electron chi connectivity index (χ2n) is 11.9. The number of fused-ring (bicyclic) bond motifs is 3. The van der Waals surface area contributed by atoms with Crippen LogP contribution in [0.15, 0.2) is 152 Å². The fourth-order valence-corrected chi connectivity index (χ4v) is 7.17. The minimum Gasteiger partial charge on any atom is -0.294 e. The highest BCUT2D eigenvalue weighted by Crippen LogP contribution is 2.49. The summed E-state index contributed by atoms with van der Waals surface area (Å²) in [5, 5.41) is 4.90. The zero-order chi connectivity index (χ0) is 30.9. The first kappa shape index (κ1) is 25.8. The Morgan fingerprint density at radius 2 is 0.979 bits per heavy atom. The molecular weight excluding hydrogens is 574 g/mol. The molecule has 1 aliphatic rings. The number of hydrogen-bond donors (Lipinski definition) is 0. The molecule has 218 valence electrons.